The highest BCUT2D eigenvalue weighted by atomic mass is 35.5. The molecule has 28 heavy (non-hydrogen) atoms. The Hall–Kier alpha value is -2.44. The van der Waals surface area contributed by atoms with Gasteiger partial charge in [-0.3, -0.25) is 9.59 Å². The largest absolute Gasteiger partial charge is 0.486 e. The summed E-state index contributed by atoms with van der Waals surface area (Å²) in [6, 6.07) is 10.7. The highest BCUT2D eigenvalue weighted by Crippen LogP contribution is 2.35. The van der Waals surface area contributed by atoms with Gasteiger partial charge in [-0.15, -0.1) is 0 Å². The number of rotatable bonds is 9. The molecule has 0 bridgehead atoms. The molecule has 3 N–H and O–H groups in total. The Labute approximate surface area is 172 Å². The Morgan fingerprint density at radius 1 is 1.14 bits per heavy atom. The van der Waals surface area contributed by atoms with E-state index in [0.717, 1.165) is 23.7 Å². The van der Waals surface area contributed by atoms with Gasteiger partial charge in [-0.1, -0.05) is 35.3 Å². The van der Waals surface area contributed by atoms with Gasteiger partial charge in [-0.2, -0.15) is 0 Å². The third kappa shape index (κ3) is 5.78. The lowest BCUT2D eigenvalue weighted by Crippen LogP contribution is -2.29. The van der Waals surface area contributed by atoms with Gasteiger partial charge in [0, 0.05) is 17.8 Å². The van der Waals surface area contributed by atoms with Crippen molar-refractivity contribution in [1.82, 2.24) is 5.32 Å². The Morgan fingerprint density at radius 2 is 1.86 bits per heavy atom. The summed E-state index contributed by atoms with van der Waals surface area (Å²) < 4.78 is 5.76. The number of carboxylic acids is 1. The fourth-order valence-corrected chi connectivity index (χ4v) is 3.19. The lowest BCUT2D eigenvalue weighted by Gasteiger charge is -2.13. The molecule has 0 atom stereocenters. The Morgan fingerprint density at radius 3 is 2.50 bits per heavy atom. The van der Waals surface area contributed by atoms with Crippen LogP contribution in [0.25, 0.3) is 0 Å². The molecule has 2 aromatic carbocycles. The maximum Gasteiger partial charge on any atom is 0.322 e. The first-order chi connectivity index (χ1) is 13.4. The van der Waals surface area contributed by atoms with Crippen molar-refractivity contribution in [1.29, 1.82) is 0 Å². The number of carbonyl (C=O) groups excluding carboxylic acids is 1. The molecule has 1 aliphatic rings. The Balaban J connectivity index is 1.63. The third-order valence-corrected chi connectivity index (χ3v) is 4.82. The van der Waals surface area contributed by atoms with Crippen LogP contribution in [-0.2, 0) is 11.4 Å². The molecular weight excluding hydrogens is 403 g/mol. The van der Waals surface area contributed by atoms with E-state index in [-0.39, 0.29) is 28.0 Å². The minimum atomic E-state index is -1.14. The zero-order valence-corrected chi connectivity index (χ0v) is 16.5. The molecule has 2 aromatic rings. The number of aliphatic carboxylic acids is 1. The molecule has 0 aliphatic heterocycles. The van der Waals surface area contributed by atoms with Crippen molar-refractivity contribution in [2.75, 3.05) is 18.4 Å². The van der Waals surface area contributed by atoms with Crippen LogP contribution in [0.3, 0.4) is 0 Å². The average Bonchev–Trinajstić information content (AvgIpc) is 3.48. The molecule has 8 heteroatoms. The SMILES string of the molecule is O=C(O)CNC(=O)c1cc(Cl)c(OCc2cccc(NCC3CC3)c2)c(Cl)c1. The summed E-state index contributed by atoms with van der Waals surface area (Å²) in [6.45, 7) is 0.758. The highest BCUT2D eigenvalue weighted by molar-refractivity contribution is 6.37. The number of amides is 1. The summed E-state index contributed by atoms with van der Waals surface area (Å²) in [4.78, 5) is 22.5. The fourth-order valence-electron chi connectivity index (χ4n) is 2.60. The van der Waals surface area contributed by atoms with E-state index in [1.807, 2.05) is 24.3 Å². The Kier molecular flexibility index (Phi) is 6.65. The van der Waals surface area contributed by atoms with Gasteiger partial charge in [-0.05, 0) is 48.6 Å². The number of carbonyl (C=O) groups is 2. The molecule has 0 spiro atoms. The van der Waals surface area contributed by atoms with E-state index in [1.54, 1.807) is 0 Å². The molecule has 0 unspecified atom stereocenters. The molecule has 1 aliphatic carbocycles. The van der Waals surface area contributed by atoms with Gasteiger partial charge in [0.05, 0.1) is 10.0 Å². The van der Waals surface area contributed by atoms with Crippen molar-refractivity contribution < 1.29 is 19.4 Å². The second-order valence-electron chi connectivity index (χ2n) is 6.66. The van der Waals surface area contributed by atoms with Gasteiger partial charge >= 0.3 is 5.97 Å². The predicted molar refractivity (Wildman–Crippen MR) is 108 cm³/mol. The predicted octanol–water partition coefficient (Wildman–Crippen LogP) is 4.21. The van der Waals surface area contributed by atoms with E-state index < -0.39 is 18.4 Å². The van der Waals surface area contributed by atoms with Crippen molar-refractivity contribution in [2.45, 2.75) is 19.4 Å². The van der Waals surface area contributed by atoms with Crippen LogP contribution in [0.2, 0.25) is 10.0 Å². The van der Waals surface area contributed by atoms with E-state index in [0.29, 0.717) is 0 Å². The number of anilines is 1. The zero-order chi connectivity index (χ0) is 20.1. The average molecular weight is 423 g/mol. The van der Waals surface area contributed by atoms with Crippen LogP contribution >= 0.6 is 23.2 Å². The van der Waals surface area contributed by atoms with E-state index in [1.165, 1.54) is 25.0 Å². The summed E-state index contributed by atoms with van der Waals surface area (Å²) in [5.74, 6) is -0.662. The minimum absolute atomic E-state index is 0.162. The lowest BCUT2D eigenvalue weighted by molar-refractivity contribution is -0.135. The summed E-state index contributed by atoms with van der Waals surface area (Å²) in [6.07, 6.45) is 2.58. The van der Waals surface area contributed by atoms with E-state index >= 15 is 0 Å². The third-order valence-electron chi connectivity index (χ3n) is 4.26. The van der Waals surface area contributed by atoms with Gasteiger partial charge in [0.2, 0.25) is 0 Å². The number of hydrogen-bond acceptors (Lipinski definition) is 4. The molecule has 1 fully saturated rings. The number of halogens is 2. The molecule has 0 aromatic heterocycles. The van der Waals surface area contributed by atoms with Crippen molar-refractivity contribution in [3.05, 3.63) is 57.6 Å². The number of benzene rings is 2. The van der Waals surface area contributed by atoms with Crippen LogP contribution in [0.4, 0.5) is 5.69 Å². The summed E-state index contributed by atoms with van der Waals surface area (Å²) in [5, 5.41) is 14.7. The molecule has 0 radical (unpaired) electrons. The summed E-state index contributed by atoms with van der Waals surface area (Å²) in [7, 11) is 0. The summed E-state index contributed by atoms with van der Waals surface area (Å²) >= 11 is 12.4. The normalized spacial score (nSPS) is 13.1. The molecule has 1 amide bonds. The molecule has 148 valence electrons. The van der Waals surface area contributed by atoms with Crippen molar-refractivity contribution in [3.63, 3.8) is 0 Å². The van der Waals surface area contributed by atoms with E-state index in [9.17, 15) is 9.59 Å². The number of hydrogen-bond donors (Lipinski definition) is 3. The van der Waals surface area contributed by atoms with Crippen molar-refractivity contribution in [2.24, 2.45) is 5.92 Å². The number of nitrogens with one attached hydrogen (secondary N) is 2. The minimum Gasteiger partial charge on any atom is -0.486 e. The van der Waals surface area contributed by atoms with Crippen LogP contribution in [0.15, 0.2) is 36.4 Å². The first kappa shape index (κ1) is 20.3. The van der Waals surface area contributed by atoms with Gasteiger partial charge in [-0.25, -0.2) is 0 Å². The number of ether oxygens (including phenoxy) is 1. The molecule has 0 saturated heterocycles. The fraction of sp³-hybridized carbons (Fsp3) is 0.300. The van der Waals surface area contributed by atoms with Crippen LogP contribution < -0.4 is 15.4 Å². The van der Waals surface area contributed by atoms with E-state index in [2.05, 4.69) is 10.6 Å². The molecular formula is C20H20Cl2N2O4. The molecule has 3 rings (SSSR count). The monoisotopic (exact) mass is 422 g/mol. The quantitative estimate of drug-likeness (QED) is 0.563. The first-order valence-corrected chi connectivity index (χ1v) is 9.62. The van der Waals surface area contributed by atoms with Crippen LogP contribution in [0.5, 0.6) is 5.75 Å². The van der Waals surface area contributed by atoms with Crippen molar-refractivity contribution >= 4 is 40.8 Å². The van der Waals surface area contributed by atoms with Crippen LogP contribution in [-0.4, -0.2) is 30.1 Å². The van der Waals surface area contributed by atoms with Gasteiger partial charge in [0.1, 0.15) is 13.2 Å². The van der Waals surface area contributed by atoms with Crippen molar-refractivity contribution in [3.8, 4) is 5.75 Å². The van der Waals surface area contributed by atoms with E-state index in [4.69, 9.17) is 33.0 Å². The topological polar surface area (TPSA) is 87.7 Å². The van der Waals surface area contributed by atoms with Crippen LogP contribution in [0.1, 0.15) is 28.8 Å². The van der Waals surface area contributed by atoms with Gasteiger partial charge in [0.15, 0.2) is 5.75 Å². The second kappa shape index (κ2) is 9.17. The maximum atomic E-state index is 12.0. The molecule has 6 nitrogen and oxygen atoms in total. The number of carboxylic acid groups (broad SMARTS) is 1. The summed E-state index contributed by atoms with van der Waals surface area (Å²) in [5.41, 5.74) is 2.15. The smallest absolute Gasteiger partial charge is 0.322 e. The second-order valence-corrected chi connectivity index (χ2v) is 7.47. The molecule has 1 saturated carbocycles. The zero-order valence-electron chi connectivity index (χ0n) is 15.0. The highest BCUT2D eigenvalue weighted by Gasteiger charge is 2.20. The molecule has 0 heterocycles. The van der Waals surface area contributed by atoms with Crippen LogP contribution in [0, 0.1) is 5.92 Å². The maximum absolute atomic E-state index is 12.0. The van der Waals surface area contributed by atoms with Gasteiger partial charge < -0.3 is 20.5 Å². The lowest BCUT2D eigenvalue weighted by atomic mass is 10.2. The Bertz CT molecular complexity index is 861. The first-order valence-electron chi connectivity index (χ1n) is 8.87. The van der Waals surface area contributed by atoms with Gasteiger partial charge in [0.25, 0.3) is 5.91 Å². The standard InChI is InChI=1S/C20H20Cl2N2O4/c21-16-7-14(20(27)24-10-18(25)26)8-17(22)19(16)28-11-13-2-1-3-15(6-13)23-9-12-4-5-12/h1-3,6-8,12,23H,4-5,9-11H2,(H,24,27)(H,25,26).